The number of rotatable bonds is 5. The van der Waals surface area contributed by atoms with Crippen molar-refractivity contribution >= 4 is 17.8 Å². The van der Waals surface area contributed by atoms with Crippen molar-refractivity contribution in [3.05, 3.63) is 29.3 Å². The molecule has 0 spiro atoms. The fourth-order valence-electron chi connectivity index (χ4n) is 7.61. The minimum absolute atomic E-state index is 0.0477. The van der Waals surface area contributed by atoms with E-state index >= 15 is 0 Å². The van der Waals surface area contributed by atoms with Gasteiger partial charge >= 0.3 is 6.16 Å². The Morgan fingerprint density at radius 1 is 1.17 bits per heavy atom. The third-order valence-electron chi connectivity index (χ3n) is 9.52. The highest BCUT2D eigenvalue weighted by Gasteiger charge is 2.66. The predicted molar refractivity (Wildman–Crippen MR) is 127 cm³/mol. The van der Waals surface area contributed by atoms with Crippen LogP contribution in [0.1, 0.15) is 62.5 Å². The number of piperidine rings is 1. The third kappa shape index (κ3) is 3.70. The number of hydrogen-bond acceptors (Lipinski definition) is 7. The Bertz CT molecular complexity index is 1100. The number of aromatic hydroxyl groups is 1. The van der Waals surface area contributed by atoms with Crippen LogP contribution in [-0.2, 0) is 26.2 Å². The largest absolute Gasteiger partial charge is 0.508 e. The fraction of sp³-hybridized carbons (Fsp3) is 0.667. The van der Waals surface area contributed by atoms with Crippen molar-refractivity contribution in [1.29, 1.82) is 0 Å². The van der Waals surface area contributed by atoms with Crippen molar-refractivity contribution in [3.63, 3.8) is 0 Å². The zero-order valence-corrected chi connectivity index (χ0v) is 20.4. The van der Waals surface area contributed by atoms with Gasteiger partial charge < -0.3 is 25.0 Å². The van der Waals surface area contributed by atoms with Gasteiger partial charge in [-0.25, -0.2) is 4.79 Å². The second kappa shape index (κ2) is 8.45. The normalized spacial score (nSPS) is 35.8. The zero-order valence-electron chi connectivity index (χ0n) is 20.4. The Hall–Kier alpha value is -2.65. The number of likely N-dealkylation sites (tertiary alicyclic amines) is 2. The van der Waals surface area contributed by atoms with Crippen molar-refractivity contribution in [2.24, 2.45) is 11.8 Å². The number of Topliss-reactive ketones (excluding diaryl/α,β-unsaturated/α-hetero) is 1. The lowest BCUT2D eigenvalue weighted by Crippen LogP contribution is -2.74. The number of phenols is 1. The van der Waals surface area contributed by atoms with Crippen LogP contribution in [0.25, 0.3) is 0 Å². The van der Waals surface area contributed by atoms with Crippen LogP contribution in [0.4, 0.5) is 4.79 Å². The van der Waals surface area contributed by atoms with E-state index in [9.17, 15) is 24.6 Å². The lowest BCUT2D eigenvalue weighted by molar-refractivity contribution is -0.183. The number of ether oxygens (including phenoxy) is 1. The van der Waals surface area contributed by atoms with Gasteiger partial charge in [-0.05, 0) is 74.2 Å². The van der Waals surface area contributed by atoms with E-state index in [1.807, 2.05) is 6.07 Å². The molecule has 2 saturated heterocycles. The first-order valence-corrected chi connectivity index (χ1v) is 13.2. The van der Waals surface area contributed by atoms with E-state index in [0.717, 1.165) is 24.2 Å². The van der Waals surface area contributed by atoms with E-state index in [2.05, 4.69) is 4.90 Å². The second-order valence-electron chi connectivity index (χ2n) is 11.6. The maximum atomic E-state index is 13.6. The summed E-state index contributed by atoms with van der Waals surface area (Å²) in [6, 6.07) is 5.18. The van der Waals surface area contributed by atoms with Crippen molar-refractivity contribution in [1.82, 2.24) is 9.80 Å². The number of fused-ring (bicyclic) bond motifs is 1. The first-order valence-electron chi connectivity index (χ1n) is 13.2. The fourth-order valence-corrected chi connectivity index (χ4v) is 7.61. The SMILES string of the molecule is O=C(O)O[C@H]1CCCN1C(=O)C[C@H]1C[C@@]2(O)[C@H]3Cc4ccc(O)cc4[C@@]2(CCN3CC2CC2)CC1=O. The molecule has 4 fully saturated rings. The number of carboxylic acid groups (broad SMARTS) is 1. The van der Waals surface area contributed by atoms with Crippen molar-refractivity contribution in [2.45, 2.75) is 81.1 Å². The van der Waals surface area contributed by atoms with E-state index < -0.39 is 29.3 Å². The third-order valence-corrected chi connectivity index (χ3v) is 9.52. The summed E-state index contributed by atoms with van der Waals surface area (Å²) < 4.78 is 4.89. The Balaban J connectivity index is 1.30. The highest BCUT2D eigenvalue weighted by atomic mass is 16.7. The van der Waals surface area contributed by atoms with Gasteiger partial charge in [0.15, 0.2) is 6.23 Å². The molecule has 2 aliphatic heterocycles. The molecule has 3 N–H and O–H groups in total. The molecule has 5 atom stereocenters. The van der Waals surface area contributed by atoms with Gasteiger partial charge in [-0.2, -0.15) is 0 Å². The van der Waals surface area contributed by atoms with Gasteiger partial charge in [-0.1, -0.05) is 6.07 Å². The average Bonchev–Trinajstić information content (AvgIpc) is 3.52. The van der Waals surface area contributed by atoms with Gasteiger partial charge in [0.05, 0.1) is 5.60 Å². The number of ketones is 1. The average molecular weight is 499 g/mol. The zero-order chi connectivity index (χ0) is 25.2. The van der Waals surface area contributed by atoms with E-state index in [1.165, 1.54) is 17.7 Å². The standard InChI is InChI=1S/C27H34N2O7/c30-19-6-5-17-10-22-27(35)13-18(11-23(32)29-8-1-2-24(29)36-25(33)34)21(31)14-26(27,20(17)12-19)7-9-28(22)15-16-3-4-16/h5-6,12,16,18,22,24,30,35H,1-4,7-11,13-15H2,(H,33,34)/t18-,22+,24-,26+,27+/m0/s1. The number of aliphatic hydroxyl groups is 1. The molecular weight excluding hydrogens is 464 g/mol. The van der Waals surface area contributed by atoms with Gasteiger partial charge in [0, 0.05) is 49.7 Å². The Kier molecular flexibility index (Phi) is 5.57. The molecule has 1 aromatic rings. The number of benzene rings is 1. The van der Waals surface area contributed by atoms with Crippen LogP contribution in [0.3, 0.4) is 0 Å². The smallest absolute Gasteiger partial charge is 0.507 e. The molecule has 1 aromatic carbocycles. The minimum atomic E-state index is -1.42. The summed E-state index contributed by atoms with van der Waals surface area (Å²) in [4.78, 5) is 41.6. The molecule has 1 amide bonds. The molecule has 2 bridgehead atoms. The van der Waals surface area contributed by atoms with Gasteiger partial charge in [0.25, 0.3) is 0 Å². The van der Waals surface area contributed by atoms with E-state index in [-0.39, 0.29) is 42.7 Å². The highest BCUT2D eigenvalue weighted by molar-refractivity contribution is 5.90. The highest BCUT2D eigenvalue weighted by Crippen LogP contribution is 2.59. The van der Waals surface area contributed by atoms with Crippen molar-refractivity contribution < 1.29 is 34.4 Å². The molecule has 36 heavy (non-hydrogen) atoms. The monoisotopic (exact) mass is 498 g/mol. The first kappa shape index (κ1) is 23.7. The van der Waals surface area contributed by atoms with E-state index in [0.29, 0.717) is 38.1 Å². The molecule has 6 rings (SSSR count). The Labute approximate surface area is 210 Å². The van der Waals surface area contributed by atoms with Crippen LogP contribution in [0.2, 0.25) is 0 Å². The summed E-state index contributed by atoms with van der Waals surface area (Å²) >= 11 is 0. The quantitative estimate of drug-likeness (QED) is 0.528. The summed E-state index contributed by atoms with van der Waals surface area (Å²) in [6.07, 6.45) is 2.84. The van der Waals surface area contributed by atoms with E-state index in [4.69, 9.17) is 9.84 Å². The molecule has 9 nitrogen and oxygen atoms in total. The topological polar surface area (TPSA) is 128 Å². The second-order valence-corrected chi connectivity index (χ2v) is 11.6. The van der Waals surface area contributed by atoms with Crippen LogP contribution in [0.5, 0.6) is 5.75 Å². The van der Waals surface area contributed by atoms with Crippen LogP contribution in [0.15, 0.2) is 18.2 Å². The molecule has 9 heteroatoms. The molecular formula is C27H34N2O7. The van der Waals surface area contributed by atoms with Crippen LogP contribution < -0.4 is 0 Å². The molecule has 0 unspecified atom stereocenters. The number of carbonyl (C=O) groups excluding carboxylic acids is 2. The van der Waals surface area contributed by atoms with Crippen molar-refractivity contribution in [2.75, 3.05) is 19.6 Å². The number of nitrogens with zero attached hydrogens (tertiary/aromatic N) is 2. The maximum Gasteiger partial charge on any atom is 0.507 e. The lowest BCUT2D eigenvalue weighted by Gasteiger charge is -2.64. The molecule has 0 radical (unpaired) electrons. The molecule has 2 saturated carbocycles. The molecule has 194 valence electrons. The van der Waals surface area contributed by atoms with Gasteiger partial charge in [-0.3, -0.25) is 14.5 Å². The number of carbonyl (C=O) groups is 3. The summed E-state index contributed by atoms with van der Waals surface area (Å²) in [5, 5.41) is 31.9. The predicted octanol–water partition coefficient (Wildman–Crippen LogP) is 2.41. The summed E-state index contributed by atoms with van der Waals surface area (Å²) in [5.41, 5.74) is -0.0127. The Morgan fingerprint density at radius 3 is 2.72 bits per heavy atom. The summed E-state index contributed by atoms with van der Waals surface area (Å²) in [5.74, 6) is -0.193. The van der Waals surface area contributed by atoms with E-state index in [1.54, 1.807) is 12.1 Å². The first-order chi connectivity index (χ1) is 17.2. The minimum Gasteiger partial charge on any atom is -0.508 e. The molecule has 5 aliphatic rings. The lowest BCUT2D eigenvalue weighted by atomic mass is 9.47. The number of phenolic OH excluding ortho intramolecular Hbond substituents is 1. The van der Waals surface area contributed by atoms with Gasteiger partial charge in [0.1, 0.15) is 11.5 Å². The van der Waals surface area contributed by atoms with Crippen molar-refractivity contribution in [3.8, 4) is 5.75 Å². The summed E-state index contributed by atoms with van der Waals surface area (Å²) in [6.45, 7) is 2.14. The molecule has 3 aliphatic carbocycles. The van der Waals surface area contributed by atoms with Gasteiger partial charge in [0.2, 0.25) is 5.91 Å². The number of hydrogen-bond donors (Lipinski definition) is 3. The van der Waals surface area contributed by atoms with Crippen LogP contribution in [0, 0.1) is 11.8 Å². The summed E-state index contributed by atoms with van der Waals surface area (Å²) in [7, 11) is 0. The molecule has 0 aromatic heterocycles. The maximum absolute atomic E-state index is 13.6. The Morgan fingerprint density at radius 2 is 1.97 bits per heavy atom. The van der Waals surface area contributed by atoms with Crippen LogP contribution >= 0.6 is 0 Å². The number of amides is 1. The van der Waals surface area contributed by atoms with Crippen LogP contribution in [-0.4, -0.2) is 80.5 Å². The molecule has 2 heterocycles. The van der Waals surface area contributed by atoms with Gasteiger partial charge in [-0.15, -0.1) is 0 Å².